The summed E-state index contributed by atoms with van der Waals surface area (Å²) < 4.78 is 11.0. The van der Waals surface area contributed by atoms with Crippen LogP contribution in [0.3, 0.4) is 0 Å². The molecule has 2 aromatic carbocycles. The minimum atomic E-state index is -0.425. The van der Waals surface area contributed by atoms with Gasteiger partial charge in [0.05, 0.1) is 0 Å². The monoisotopic (exact) mass is 362 g/mol. The molecule has 6 nitrogen and oxygen atoms in total. The van der Waals surface area contributed by atoms with Crippen LogP contribution in [0, 0.1) is 0 Å². The SMILES string of the molecule is O=C(NCc1ccc2c(c1)OCCO2)c1ccc(-c2ccccc2)[nH]c1=O. The van der Waals surface area contributed by atoms with Gasteiger partial charge in [-0.15, -0.1) is 0 Å². The highest BCUT2D eigenvalue weighted by molar-refractivity contribution is 5.94. The molecule has 0 spiro atoms. The average Bonchev–Trinajstić information content (AvgIpc) is 2.72. The molecule has 0 fully saturated rings. The number of rotatable bonds is 4. The van der Waals surface area contributed by atoms with E-state index in [1.54, 1.807) is 12.1 Å². The number of fused-ring (bicyclic) bond motifs is 1. The van der Waals surface area contributed by atoms with Crippen LogP contribution in [0.5, 0.6) is 11.5 Å². The Morgan fingerprint density at radius 2 is 1.74 bits per heavy atom. The highest BCUT2D eigenvalue weighted by Crippen LogP contribution is 2.30. The Balaban J connectivity index is 1.46. The van der Waals surface area contributed by atoms with E-state index in [-0.39, 0.29) is 12.1 Å². The molecule has 0 radical (unpaired) electrons. The van der Waals surface area contributed by atoms with E-state index in [9.17, 15) is 9.59 Å². The van der Waals surface area contributed by atoms with Gasteiger partial charge in [0, 0.05) is 12.2 Å². The van der Waals surface area contributed by atoms with Gasteiger partial charge in [-0.3, -0.25) is 9.59 Å². The van der Waals surface area contributed by atoms with Gasteiger partial charge in [0.1, 0.15) is 18.8 Å². The molecule has 2 heterocycles. The summed E-state index contributed by atoms with van der Waals surface area (Å²) in [5.74, 6) is 0.938. The molecule has 1 amide bonds. The lowest BCUT2D eigenvalue weighted by Crippen LogP contribution is -2.29. The van der Waals surface area contributed by atoms with Gasteiger partial charge in [0.15, 0.2) is 11.5 Å². The van der Waals surface area contributed by atoms with Crippen molar-refractivity contribution in [3.63, 3.8) is 0 Å². The number of pyridine rings is 1. The van der Waals surface area contributed by atoms with Crippen LogP contribution in [-0.4, -0.2) is 24.1 Å². The van der Waals surface area contributed by atoms with Gasteiger partial charge in [-0.2, -0.15) is 0 Å². The third-order valence-electron chi connectivity index (χ3n) is 4.30. The van der Waals surface area contributed by atoms with Gasteiger partial charge in [-0.25, -0.2) is 0 Å². The first-order valence-corrected chi connectivity index (χ1v) is 8.66. The van der Waals surface area contributed by atoms with E-state index in [2.05, 4.69) is 10.3 Å². The van der Waals surface area contributed by atoms with Crippen LogP contribution >= 0.6 is 0 Å². The lowest BCUT2D eigenvalue weighted by atomic mass is 10.1. The standard InChI is InChI=1S/C21H18N2O4/c24-20(22-13-14-6-9-18-19(12-14)27-11-10-26-18)16-7-8-17(23-21(16)25)15-4-2-1-3-5-15/h1-9,12H,10-11,13H2,(H,22,24)(H,23,25). The van der Waals surface area contributed by atoms with Crippen molar-refractivity contribution in [3.8, 4) is 22.8 Å². The summed E-state index contributed by atoms with van der Waals surface area (Å²) in [5.41, 5.74) is 2.08. The first-order valence-electron chi connectivity index (χ1n) is 8.66. The van der Waals surface area contributed by atoms with Gasteiger partial charge in [-0.05, 0) is 35.4 Å². The maximum Gasteiger partial charge on any atom is 0.261 e. The van der Waals surface area contributed by atoms with Gasteiger partial charge >= 0.3 is 0 Å². The predicted molar refractivity (Wildman–Crippen MR) is 101 cm³/mol. The van der Waals surface area contributed by atoms with Crippen molar-refractivity contribution in [2.75, 3.05) is 13.2 Å². The molecule has 0 saturated heterocycles. The number of aromatic amines is 1. The van der Waals surface area contributed by atoms with E-state index in [0.717, 1.165) is 11.1 Å². The van der Waals surface area contributed by atoms with Gasteiger partial charge in [-0.1, -0.05) is 36.4 Å². The molecule has 0 atom stereocenters. The topological polar surface area (TPSA) is 80.4 Å². The summed E-state index contributed by atoms with van der Waals surface area (Å²) >= 11 is 0. The number of carbonyl (C=O) groups is 1. The molecule has 4 rings (SSSR count). The van der Waals surface area contributed by atoms with Crippen molar-refractivity contribution in [1.82, 2.24) is 10.3 Å². The molecule has 1 aromatic heterocycles. The van der Waals surface area contributed by atoms with Crippen molar-refractivity contribution < 1.29 is 14.3 Å². The van der Waals surface area contributed by atoms with Crippen LogP contribution < -0.4 is 20.3 Å². The number of benzene rings is 2. The highest BCUT2D eigenvalue weighted by atomic mass is 16.6. The van der Waals surface area contributed by atoms with Crippen LogP contribution in [0.4, 0.5) is 0 Å². The smallest absolute Gasteiger partial charge is 0.261 e. The minimum Gasteiger partial charge on any atom is -0.486 e. The van der Waals surface area contributed by atoms with E-state index in [1.807, 2.05) is 48.5 Å². The number of nitrogens with one attached hydrogen (secondary N) is 2. The summed E-state index contributed by atoms with van der Waals surface area (Å²) in [5, 5.41) is 2.77. The zero-order chi connectivity index (χ0) is 18.6. The molecule has 1 aliphatic heterocycles. The molecule has 1 aliphatic rings. The lowest BCUT2D eigenvalue weighted by molar-refractivity contribution is 0.0949. The number of H-pyrrole nitrogens is 1. The Labute approximate surface area is 155 Å². The van der Waals surface area contributed by atoms with Gasteiger partial charge in [0.25, 0.3) is 11.5 Å². The fraction of sp³-hybridized carbons (Fsp3) is 0.143. The summed E-state index contributed by atoms with van der Waals surface area (Å²) in [4.78, 5) is 27.5. The first-order chi connectivity index (χ1) is 13.2. The summed E-state index contributed by atoms with van der Waals surface area (Å²) in [6, 6.07) is 18.3. The molecule has 0 unspecified atom stereocenters. The van der Waals surface area contributed by atoms with Crippen LogP contribution in [0.15, 0.2) is 65.5 Å². The number of amides is 1. The molecular weight excluding hydrogens is 344 g/mol. The molecule has 136 valence electrons. The van der Waals surface area contributed by atoms with E-state index < -0.39 is 11.5 Å². The summed E-state index contributed by atoms with van der Waals surface area (Å²) in [6.07, 6.45) is 0. The quantitative estimate of drug-likeness (QED) is 0.748. The van der Waals surface area contributed by atoms with Crippen molar-refractivity contribution in [3.05, 3.63) is 82.1 Å². The van der Waals surface area contributed by atoms with Crippen LogP contribution in [0.25, 0.3) is 11.3 Å². The number of hydrogen-bond acceptors (Lipinski definition) is 4. The number of ether oxygens (including phenoxy) is 2. The molecule has 0 aliphatic carbocycles. The third-order valence-corrected chi connectivity index (χ3v) is 4.30. The summed E-state index contributed by atoms with van der Waals surface area (Å²) in [7, 11) is 0. The zero-order valence-electron chi connectivity index (χ0n) is 14.5. The van der Waals surface area contributed by atoms with Crippen molar-refractivity contribution in [1.29, 1.82) is 0 Å². The van der Waals surface area contributed by atoms with Crippen LogP contribution in [0.1, 0.15) is 15.9 Å². The summed E-state index contributed by atoms with van der Waals surface area (Å²) in [6.45, 7) is 1.33. The average molecular weight is 362 g/mol. The van der Waals surface area contributed by atoms with E-state index in [4.69, 9.17) is 9.47 Å². The van der Waals surface area contributed by atoms with Crippen molar-refractivity contribution in [2.45, 2.75) is 6.54 Å². The Kier molecular flexibility index (Phi) is 4.61. The molecule has 3 aromatic rings. The highest BCUT2D eigenvalue weighted by Gasteiger charge is 2.14. The Morgan fingerprint density at radius 1 is 0.963 bits per heavy atom. The zero-order valence-corrected chi connectivity index (χ0v) is 14.5. The maximum absolute atomic E-state index is 12.4. The van der Waals surface area contributed by atoms with E-state index in [0.29, 0.717) is 30.4 Å². The van der Waals surface area contributed by atoms with Crippen LogP contribution in [-0.2, 0) is 6.54 Å². The largest absolute Gasteiger partial charge is 0.486 e. The lowest BCUT2D eigenvalue weighted by Gasteiger charge is -2.18. The van der Waals surface area contributed by atoms with Gasteiger partial charge in [0.2, 0.25) is 0 Å². The van der Waals surface area contributed by atoms with E-state index in [1.165, 1.54) is 0 Å². The Morgan fingerprint density at radius 3 is 2.52 bits per heavy atom. The van der Waals surface area contributed by atoms with Gasteiger partial charge < -0.3 is 19.8 Å². The van der Waals surface area contributed by atoms with Crippen molar-refractivity contribution >= 4 is 5.91 Å². The maximum atomic E-state index is 12.4. The number of carbonyl (C=O) groups excluding carboxylic acids is 1. The second-order valence-electron chi connectivity index (χ2n) is 6.14. The van der Waals surface area contributed by atoms with Crippen LogP contribution in [0.2, 0.25) is 0 Å². The molecule has 6 heteroatoms. The Bertz CT molecular complexity index is 1030. The molecule has 0 saturated carbocycles. The fourth-order valence-corrected chi connectivity index (χ4v) is 2.91. The predicted octanol–water partition coefficient (Wildman–Crippen LogP) is 2.74. The fourth-order valence-electron chi connectivity index (χ4n) is 2.91. The second-order valence-corrected chi connectivity index (χ2v) is 6.14. The molecule has 2 N–H and O–H groups in total. The molecular formula is C21H18N2O4. The number of aromatic nitrogens is 1. The minimum absolute atomic E-state index is 0.0761. The second kappa shape index (κ2) is 7.37. The van der Waals surface area contributed by atoms with E-state index >= 15 is 0 Å². The Hall–Kier alpha value is -3.54. The normalized spacial score (nSPS) is 12.4. The molecule has 27 heavy (non-hydrogen) atoms. The molecule has 0 bridgehead atoms. The first kappa shape index (κ1) is 16.9. The third kappa shape index (κ3) is 3.69. The number of hydrogen-bond donors (Lipinski definition) is 2. The van der Waals surface area contributed by atoms with Crippen molar-refractivity contribution in [2.24, 2.45) is 0 Å².